The first-order valence-corrected chi connectivity index (χ1v) is 11.8. The Morgan fingerprint density at radius 3 is 2.50 bits per heavy atom. The second-order valence-electron chi connectivity index (χ2n) is 7.14. The molecule has 1 N–H and O–H groups in total. The average Bonchev–Trinajstić information content (AvgIpc) is 3.14. The number of amides is 1. The normalized spacial score (nSPS) is 10.7. The average molecular weight is 455 g/mol. The maximum atomic E-state index is 12.4. The van der Waals surface area contributed by atoms with Crippen molar-refractivity contribution in [1.29, 1.82) is 0 Å². The number of aromatic nitrogens is 3. The van der Waals surface area contributed by atoms with Gasteiger partial charge in [-0.2, -0.15) is 0 Å². The number of aryl methyl sites for hydroxylation is 1. The van der Waals surface area contributed by atoms with Gasteiger partial charge in [0, 0.05) is 6.54 Å². The van der Waals surface area contributed by atoms with Crippen molar-refractivity contribution in [2.45, 2.75) is 38.9 Å². The van der Waals surface area contributed by atoms with E-state index in [0.29, 0.717) is 38.5 Å². The zero-order chi connectivity index (χ0) is 22.8. The number of benzene rings is 2. The summed E-state index contributed by atoms with van der Waals surface area (Å²) in [5, 5.41) is 12.1. The van der Waals surface area contributed by atoms with Crippen LogP contribution in [0.1, 0.15) is 30.8 Å². The number of thioether (sulfide) groups is 1. The number of hydrogen-bond donors (Lipinski definition) is 1. The number of hydrogen-bond acceptors (Lipinski definition) is 6. The van der Waals surface area contributed by atoms with Gasteiger partial charge < -0.3 is 19.4 Å². The minimum Gasteiger partial charge on any atom is -0.490 e. The molecule has 0 saturated heterocycles. The predicted octanol–water partition coefficient (Wildman–Crippen LogP) is 3.88. The van der Waals surface area contributed by atoms with E-state index in [4.69, 9.17) is 9.47 Å². The van der Waals surface area contributed by atoms with Crippen molar-refractivity contribution in [3.8, 4) is 11.5 Å². The van der Waals surface area contributed by atoms with Crippen LogP contribution in [0.4, 0.5) is 0 Å². The second kappa shape index (κ2) is 12.1. The Morgan fingerprint density at radius 1 is 1.00 bits per heavy atom. The molecule has 0 saturated carbocycles. The number of carbonyl (C=O) groups excluding carboxylic acids is 1. The van der Waals surface area contributed by atoms with Gasteiger partial charge in [0.25, 0.3) is 0 Å². The summed E-state index contributed by atoms with van der Waals surface area (Å²) in [6.45, 7) is 8.22. The summed E-state index contributed by atoms with van der Waals surface area (Å²) >= 11 is 1.40. The van der Waals surface area contributed by atoms with E-state index >= 15 is 0 Å². The fourth-order valence-corrected chi connectivity index (χ4v) is 4.01. The molecule has 0 spiro atoms. The van der Waals surface area contributed by atoms with Crippen LogP contribution in [-0.2, 0) is 17.8 Å². The summed E-state index contributed by atoms with van der Waals surface area (Å²) in [5.41, 5.74) is 2.26. The lowest BCUT2D eigenvalue weighted by atomic mass is 10.1. The van der Waals surface area contributed by atoms with Crippen molar-refractivity contribution in [3.63, 3.8) is 0 Å². The molecule has 0 atom stereocenters. The minimum absolute atomic E-state index is 0.0297. The molecule has 1 amide bonds. The minimum atomic E-state index is -0.0297. The Bertz CT molecular complexity index is 1010. The molecule has 7 nitrogen and oxygen atoms in total. The summed E-state index contributed by atoms with van der Waals surface area (Å²) < 4.78 is 13.3. The molecule has 170 valence electrons. The quantitative estimate of drug-likeness (QED) is 0.419. The van der Waals surface area contributed by atoms with Gasteiger partial charge in [-0.1, -0.05) is 48.2 Å². The third-order valence-corrected chi connectivity index (χ3v) is 5.73. The van der Waals surface area contributed by atoms with Gasteiger partial charge >= 0.3 is 0 Å². The number of ether oxygens (including phenoxy) is 2. The third kappa shape index (κ3) is 6.75. The second-order valence-corrected chi connectivity index (χ2v) is 8.08. The SMILES string of the molecule is CCOc1ccc(CCNC(=O)CSc2nnc(C)n2Cc2ccccc2)cc1OCC. The van der Waals surface area contributed by atoms with Crippen LogP contribution in [-0.4, -0.2) is 46.2 Å². The number of nitrogens with zero attached hydrogens (tertiary/aromatic N) is 3. The van der Waals surface area contributed by atoms with Crippen LogP contribution in [0.15, 0.2) is 53.7 Å². The molecule has 0 unspecified atom stereocenters. The standard InChI is InChI=1S/C24H30N4O3S/c1-4-30-21-12-11-19(15-22(21)31-5-2)13-14-25-23(29)17-32-24-27-26-18(3)28(24)16-20-9-7-6-8-10-20/h6-12,15H,4-5,13-14,16-17H2,1-3H3,(H,25,29). The molecule has 0 aliphatic heterocycles. The molecular formula is C24H30N4O3S. The van der Waals surface area contributed by atoms with Gasteiger partial charge in [-0.15, -0.1) is 10.2 Å². The summed E-state index contributed by atoms with van der Waals surface area (Å²) in [4.78, 5) is 12.4. The highest BCUT2D eigenvalue weighted by molar-refractivity contribution is 7.99. The summed E-state index contributed by atoms with van der Waals surface area (Å²) in [6, 6.07) is 16.1. The Balaban J connectivity index is 1.49. The van der Waals surface area contributed by atoms with Crippen LogP contribution in [0.2, 0.25) is 0 Å². The number of nitrogens with one attached hydrogen (secondary N) is 1. The summed E-state index contributed by atoms with van der Waals surface area (Å²) in [7, 11) is 0. The lowest BCUT2D eigenvalue weighted by Crippen LogP contribution is -2.27. The maximum Gasteiger partial charge on any atom is 0.230 e. The van der Waals surface area contributed by atoms with Crippen LogP contribution >= 0.6 is 11.8 Å². The van der Waals surface area contributed by atoms with E-state index in [1.807, 2.05) is 61.7 Å². The highest BCUT2D eigenvalue weighted by atomic mass is 32.2. The molecule has 8 heteroatoms. The van der Waals surface area contributed by atoms with Crippen molar-refractivity contribution in [2.75, 3.05) is 25.5 Å². The van der Waals surface area contributed by atoms with Crippen LogP contribution < -0.4 is 14.8 Å². The van der Waals surface area contributed by atoms with Gasteiger partial charge in [0.2, 0.25) is 5.91 Å². The van der Waals surface area contributed by atoms with Crippen molar-refractivity contribution >= 4 is 17.7 Å². The first kappa shape index (κ1) is 23.7. The Kier molecular flexibility index (Phi) is 8.98. The lowest BCUT2D eigenvalue weighted by molar-refractivity contribution is -0.118. The molecule has 0 aliphatic carbocycles. The van der Waals surface area contributed by atoms with E-state index in [1.54, 1.807) is 0 Å². The number of carbonyl (C=O) groups is 1. The van der Waals surface area contributed by atoms with Gasteiger partial charge in [-0.3, -0.25) is 4.79 Å². The third-order valence-electron chi connectivity index (χ3n) is 4.76. The zero-order valence-corrected chi connectivity index (χ0v) is 19.7. The Hall–Kier alpha value is -3.00. The molecule has 1 heterocycles. The monoisotopic (exact) mass is 454 g/mol. The van der Waals surface area contributed by atoms with Gasteiger partial charge in [0.05, 0.1) is 25.5 Å². The molecule has 3 aromatic rings. The predicted molar refractivity (Wildman–Crippen MR) is 127 cm³/mol. The fourth-order valence-electron chi connectivity index (χ4n) is 3.19. The zero-order valence-electron chi connectivity index (χ0n) is 18.8. The van der Waals surface area contributed by atoms with E-state index in [0.717, 1.165) is 28.0 Å². The molecule has 0 fully saturated rings. The molecule has 1 aromatic heterocycles. The van der Waals surface area contributed by atoms with Crippen molar-refractivity contribution in [1.82, 2.24) is 20.1 Å². The van der Waals surface area contributed by atoms with Crippen LogP contribution in [0, 0.1) is 6.92 Å². The van der Waals surface area contributed by atoms with Crippen molar-refractivity contribution in [2.24, 2.45) is 0 Å². The van der Waals surface area contributed by atoms with Gasteiger partial charge in [-0.25, -0.2) is 0 Å². The molecule has 2 aromatic carbocycles. The van der Waals surface area contributed by atoms with Gasteiger partial charge in [0.1, 0.15) is 5.82 Å². The smallest absolute Gasteiger partial charge is 0.230 e. The van der Waals surface area contributed by atoms with E-state index in [9.17, 15) is 4.79 Å². The van der Waals surface area contributed by atoms with Crippen LogP contribution in [0.5, 0.6) is 11.5 Å². The van der Waals surface area contributed by atoms with Gasteiger partial charge in [0.15, 0.2) is 16.7 Å². The largest absolute Gasteiger partial charge is 0.490 e. The van der Waals surface area contributed by atoms with Crippen molar-refractivity contribution in [3.05, 3.63) is 65.5 Å². The molecule has 0 radical (unpaired) electrons. The maximum absolute atomic E-state index is 12.4. The highest BCUT2D eigenvalue weighted by Crippen LogP contribution is 2.28. The topological polar surface area (TPSA) is 78.3 Å². The van der Waals surface area contributed by atoms with Gasteiger partial charge in [-0.05, 0) is 50.5 Å². The van der Waals surface area contributed by atoms with Crippen molar-refractivity contribution < 1.29 is 14.3 Å². The van der Waals surface area contributed by atoms with E-state index in [2.05, 4.69) is 27.6 Å². The summed E-state index contributed by atoms with van der Waals surface area (Å²) in [5.74, 6) is 2.57. The molecule has 0 bridgehead atoms. The lowest BCUT2D eigenvalue weighted by Gasteiger charge is -2.12. The Labute approximate surface area is 193 Å². The molecule has 0 aliphatic rings. The first-order chi connectivity index (χ1) is 15.6. The highest BCUT2D eigenvalue weighted by Gasteiger charge is 2.12. The van der Waals surface area contributed by atoms with E-state index in [-0.39, 0.29) is 5.91 Å². The number of rotatable bonds is 12. The first-order valence-electron chi connectivity index (χ1n) is 10.8. The van der Waals surface area contributed by atoms with E-state index < -0.39 is 0 Å². The molecule has 32 heavy (non-hydrogen) atoms. The molecule has 3 rings (SSSR count). The molecular weight excluding hydrogens is 424 g/mol. The van der Waals surface area contributed by atoms with Crippen LogP contribution in [0.3, 0.4) is 0 Å². The summed E-state index contributed by atoms with van der Waals surface area (Å²) in [6.07, 6.45) is 0.714. The Morgan fingerprint density at radius 2 is 1.75 bits per heavy atom. The fraction of sp³-hybridized carbons (Fsp3) is 0.375. The van der Waals surface area contributed by atoms with Crippen LogP contribution in [0.25, 0.3) is 0 Å². The van der Waals surface area contributed by atoms with E-state index in [1.165, 1.54) is 17.3 Å².